The number of rotatable bonds is 9. The first kappa shape index (κ1) is 23.6. The molecule has 0 aliphatic carbocycles. The Balaban J connectivity index is 1.38. The van der Waals surface area contributed by atoms with E-state index in [0.717, 1.165) is 40.4 Å². The highest BCUT2D eigenvalue weighted by molar-refractivity contribution is 6.04. The third kappa shape index (κ3) is 6.30. The highest BCUT2D eigenvalue weighted by atomic mass is 16.5. The number of hydrogen-bond donors (Lipinski definition) is 2. The topological polar surface area (TPSA) is 59.6 Å². The first-order valence-corrected chi connectivity index (χ1v) is 11.3. The van der Waals surface area contributed by atoms with Gasteiger partial charge in [0.2, 0.25) is 0 Å². The maximum atomic E-state index is 12.6. The third-order valence-corrected chi connectivity index (χ3v) is 5.59. The zero-order valence-corrected chi connectivity index (χ0v) is 19.9. The van der Waals surface area contributed by atoms with Gasteiger partial charge in [0.05, 0.1) is 14.2 Å². The molecule has 35 heavy (non-hydrogen) atoms. The molecule has 0 saturated heterocycles. The Morgan fingerprint density at radius 1 is 0.686 bits per heavy atom. The lowest BCUT2D eigenvalue weighted by Crippen LogP contribution is -2.12. The van der Waals surface area contributed by atoms with Crippen molar-refractivity contribution in [2.75, 3.05) is 24.9 Å². The Labute approximate surface area is 206 Å². The summed E-state index contributed by atoms with van der Waals surface area (Å²) in [6.07, 6.45) is 0.750. The van der Waals surface area contributed by atoms with Gasteiger partial charge in [-0.3, -0.25) is 4.79 Å². The Morgan fingerprint density at radius 3 is 2.00 bits per heavy atom. The molecular formula is C30H28N2O3. The smallest absolute Gasteiger partial charge is 0.255 e. The number of nitrogens with one attached hydrogen (secondary N) is 2. The van der Waals surface area contributed by atoms with Gasteiger partial charge in [-0.15, -0.1) is 0 Å². The van der Waals surface area contributed by atoms with E-state index < -0.39 is 0 Å². The largest absolute Gasteiger partial charge is 0.497 e. The van der Waals surface area contributed by atoms with E-state index in [1.807, 2.05) is 60.7 Å². The van der Waals surface area contributed by atoms with Gasteiger partial charge in [-0.1, -0.05) is 49.0 Å². The van der Waals surface area contributed by atoms with Crippen LogP contribution in [0.3, 0.4) is 0 Å². The van der Waals surface area contributed by atoms with Gasteiger partial charge in [-0.05, 0) is 72.1 Å². The van der Waals surface area contributed by atoms with Crippen molar-refractivity contribution in [1.29, 1.82) is 0 Å². The first-order chi connectivity index (χ1) is 17.0. The molecule has 0 aromatic heterocycles. The van der Waals surface area contributed by atoms with E-state index in [0.29, 0.717) is 11.3 Å². The molecule has 4 aromatic rings. The van der Waals surface area contributed by atoms with Crippen molar-refractivity contribution in [3.8, 4) is 11.5 Å². The summed E-state index contributed by atoms with van der Waals surface area (Å²) in [5, 5.41) is 6.32. The van der Waals surface area contributed by atoms with E-state index in [4.69, 9.17) is 9.47 Å². The molecule has 0 aliphatic heterocycles. The number of anilines is 2. The average molecular weight is 465 g/mol. The Morgan fingerprint density at radius 2 is 1.31 bits per heavy atom. The van der Waals surface area contributed by atoms with Gasteiger partial charge < -0.3 is 20.1 Å². The highest BCUT2D eigenvalue weighted by Gasteiger charge is 2.08. The molecule has 0 radical (unpaired) electrons. The standard InChI is InChI=1S/C30H28N2O3/c1-21(24-8-5-11-28(19-24)34-2)31-26-15-13-22(14-16-26)17-23-7-4-10-27(18-23)32-30(33)25-9-6-12-29(20-25)35-3/h4-16,18-20,31H,1,17H2,2-3H3,(H,32,33). The van der Waals surface area contributed by atoms with E-state index in [-0.39, 0.29) is 5.91 Å². The van der Waals surface area contributed by atoms with Crippen molar-refractivity contribution in [3.05, 3.63) is 126 Å². The van der Waals surface area contributed by atoms with Crippen molar-refractivity contribution < 1.29 is 14.3 Å². The minimum atomic E-state index is -0.173. The number of benzene rings is 4. The molecule has 4 aromatic carbocycles. The van der Waals surface area contributed by atoms with E-state index >= 15 is 0 Å². The summed E-state index contributed by atoms with van der Waals surface area (Å²) in [6, 6.07) is 31.0. The van der Waals surface area contributed by atoms with Crippen molar-refractivity contribution in [1.82, 2.24) is 0 Å². The van der Waals surface area contributed by atoms with Crippen molar-refractivity contribution in [3.63, 3.8) is 0 Å². The Hall–Kier alpha value is -4.51. The second kappa shape index (κ2) is 11.1. The van der Waals surface area contributed by atoms with Crippen molar-refractivity contribution >= 4 is 23.0 Å². The molecule has 0 bridgehead atoms. The molecule has 0 atom stereocenters. The van der Waals surface area contributed by atoms with Crippen LogP contribution in [-0.2, 0) is 6.42 Å². The lowest BCUT2D eigenvalue weighted by atomic mass is 10.0. The summed E-state index contributed by atoms with van der Waals surface area (Å²) in [4.78, 5) is 12.6. The lowest BCUT2D eigenvalue weighted by Gasteiger charge is -2.12. The van der Waals surface area contributed by atoms with Gasteiger partial charge in [0.25, 0.3) is 5.91 Å². The van der Waals surface area contributed by atoms with Crippen LogP contribution < -0.4 is 20.1 Å². The van der Waals surface area contributed by atoms with Crippen LogP contribution in [0.15, 0.2) is 104 Å². The van der Waals surface area contributed by atoms with E-state index in [1.54, 1.807) is 32.4 Å². The van der Waals surface area contributed by atoms with Crippen LogP contribution in [0.4, 0.5) is 11.4 Å². The Kier molecular flexibility index (Phi) is 7.48. The van der Waals surface area contributed by atoms with Crippen LogP contribution in [-0.4, -0.2) is 20.1 Å². The summed E-state index contributed by atoms with van der Waals surface area (Å²) >= 11 is 0. The molecule has 5 heteroatoms. The average Bonchev–Trinajstić information content (AvgIpc) is 2.90. The normalized spacial score (nSPS) is 10.3. The number of carbonyl (C=O) groups excluding carboxylic acids is 1. The number of amides is 1. The van der Waals surface area contributed by atoms with Crippen molar-refractivity contribution in [2.45, 2.75) is 6.42 Å². The zero-order chi connectivity index (χ0) is 24.6. The molecule has 1 amide bonds. The van der Waals surface area contributed by atoms with Crippen molar-refractivity contribution in [2.24, 2.45) is 0 Å². The zero-order valence-electron chi connectivity index (χ0n) is 19.9. The highest BCUT2D eigenvalue weighted by Crippen LogP contribution is 2.23. The lowest BCUT2D eigenvalue weighted by molar-refractivity contribution is 0.102. The van der Waals surface area contributed by atoms with E-state index in [1.165, 1.54) is 5.56 Å². The van der Waals surface area contributed by atoms with Crippen LogP contribution in [0.25, 0.3) is 5.70 Å². The summed E-state index contributed by atoms with van der Waals surface area (Å²) in [7, 11) is 3.23. The molecule has 0 aliphatic rings. The van der Waals surface area contributed by atoms with Crippen LogP contribution in [0, 0.1) is 0 Å². The molecule has 0 fully saturated rings. The molecule has 0 unspecified atom stereocenters. The number of ether oxygens (including phenoxy) is 2. The fraction of sp³-hybridized carbons (Fsp3) is 0.100. The van der Waals surface area contributed by atoms with Gasteiger partial charge in [0, 0.05) is 28.2 Å². The van der Waals surface area contributed by atoms with Crippen LogP contribution in [0.5, 0.6) is 11.5 Å². The SMILES string of the molecule is C=C(Nc1ccc(Cc2cccc(NC(=O)c3cccc(OC)c3)c2)cc1)c1cccc(OC)c1. The van der Waals surface area contributed by atoms with Gasteiger partial charge in [-0.2, -0.15) is 0 Å². The predicted molar refractivity (Wildman–Crippen MR) is 142 cm³/mol. The molecule has 4 rings (SSSR count). The van der Waals surface area contributed by atoms with Gasteiger partial charge >= 0.3 is 0 Å². The quantitative estimate of drug-likeness (QED) is 0.292. The summed E-state index contributed by atoms with van der Waals surface area (Å²) < 4.78 is 10.5. The molecular weight excluding hydrogens is 436 g/mol. The van der Waals surface area contributed by atoms with Crippen LogP contribution >= 0.6 is 0 Å². The van der Waals surface area contributed by atoms with Gasteiger partial charge in [0.1, 0.15) is 11.5 Å². The van der Waals surface area contributed by atoms with Gasteiger partial charge in [0.15, 0.2) is 0 Å². The Bertz CT molecular complexity index is 1330. The van der Waals surface area contributed by atoms with E-state index in [2.05, 4.69) is 35.4 Å². The predicted octanol–water partition coefficient (Wildman–Crippen LogP) is 6.63. The molecule has 176 valence electrons. The monoisotopic (exact) mass is 464 g/mol. The fourth-order valence-corrected chi connectivity index (χ4v) is 3.73. The van der Waals surface area contributed by atoms with Gasteiger partial charge in [-0.25, -0.2) is 0 Å². The third-order valence-electron chi connectivity index (χ3n) is 5.59. The molecule has 5 nitrogen and oxygen atoms in total. The minimum Gasteiger partial charge on any atom is -0.497 e. The second-order valence-electron chi connectivity index (χ2n) is 8.10. The number of hydrogen-bond acceptors (Lipinski definition) is 4. The number of methoxy groups -OCH3 is 2. The molecule has 0 spiro atoms. The molecule has 0 heterocycles. The molecule has 2 N–H and O–H groups in total. The minimum absolute atomic E-state index is 0.173. The second-order valence-corrected chi connectivity index (χ2v) is 8.10. The summed E-state index contributed by atoms with van der Waals surface area (Å²) in [5.74, 6) is 1.27. The van der Waals surface area contributed by atoms with Crippen LogP contribution in [0.2, 0.25) is 0 Å². The van der Waals surface area contributed by atoms with Crippen LogP contribution in [0.1, 0.15) is 27.0 Å². The fourth-order valence-electron chi connectivity index (χ4n) is 3.73. The summed E-state index contributed by atoms with van der Waals surface area (Å²) in [6.45, 7) is 4.14. The maximum Gasteiger partial charge on any atom is 0.255 e. The molecule has 0 saturated carbocycles. The maximum absolute atomic E-state index is 12.6. The first-order valence-electron chi connectivity index (χ1n) is 11.3. The number of carbonyl (C=O) groups is 1. The van der Waals surface area contributed by atoms with E-state index in [9.17, 15) is 4.79 Å². The summed E-state index contributed by atoms with van der Waals surface area (Å²) in [5.41, 5.74) is 6.31.